The number of halogens is 1. The normalized spacial score (nSPS) is 28.1. The molecular formula is C14H20INS2. The van der Waals surface area contributed by atoms with Crippen molar-refractivity contribution in [3.8, 4) is 0 Å². The molecule has 1 aromatic rings. The summed E-state index contributed by atoms with van der Waals surface area (Å²) in [7, 11) is 0. The van der Waals surface area contributed by atoms with Gasteiger partial charge in [-0.2, -0.15) is 11.8 Å². The predicted octanol–water partition coefficient (Wildman–Crippen LogP) is 4.61. The van der Waals surface area contributed by atoms with E-state index in [1.54, 1.807) is 10.4 Å². The first-order chi connectivity index (χ1) is 8.83. The monoisotopic (exact) mass is 393 g/mol. The van der Waals surface area contributed by atoms with Crippen molar-refractivity contribution in [2.75, 3.05) is 12.3 Å². The fourth-order valence-corrected chi connectivity index (χ4v) is 6.35. The van der Waals surface area contributed by atoms with Gasteiger partial charge in [0, 0.05) is 22.7 Å². The Morgan fingerprint density at radius 2 is 2.22 bits per heavy atom. The van der Waals surface area contributed by atoms with Crippen molar-refractivity contribution in [1.29, 1.82) is 0 Å². The van der Waals surface area contributed by atoms with Gasteiger partial charge in [-0.1, -0.05) is 6.42 Å². The van der Waals surface area contributed by atoms with E-state index in [2.05, 4.69) is 45.7 Å². The van der Waals surface area contributed by atoms with Crippen molar-refractivity contribution >= 4 is 45.7 Å². The standard InChI is InChI=1S/C14H20INS2/c15-14-8-11-12(5-3-6-13(11)18-14)16-9-10-4-1-2-7-17-10/h8,10,12,16H,1-7,9H2. The first kappa shape index (κ1) is 13.7. The third-order valence-electron chi connectivity index (χ3n) is 3.95. The fourth-order valence-electron chi connectivity index (χ4n) is 2.98. The minimum Gasteiger partial charge on any atom is -0.309 e. The van der Waals surface area contributed by atoms with Gasteiger partial charge >= 0.3 is 0 Å². The van der Waals surface area contributed by atoms with Gasteiger partial charge in [0.25, 0.3) is 0 Å². The van der Waals surface area contributed by atoms with Crippen LogP contribution in [0.25, 0.3) is 0 Å². The van der Waals surface area contributed by atoms with Gasteiger partial charge in [-0.05, 0) is 72.1 Å². The van der Waals surface area contributed by atoms with Crippen molar-refractivity contribution < 1.29 is 0 Å². The van der Waals surface area contributed by atoms with Gasteiger partial charge in [0.15, 0.2) is 0 Å². The molecule has 2 aliphatic rings. The molecule has 0 bridgehead atoms. The zero-order chi connectivity index (χ0) is 12.4. The maximum absolute atomic E-state index is 3.84. The molecule has 100 valence electrons. The van der Waals surface area contributed by atoms with Crippen molar-refractivity contribution in [1.82, 2.24) is 5.32 Å². The van der Waals surface area contributed by atoms with Crippen LogP contribution in [0, 0.1) is 2.88 Å². The summed E-state index contributed by atoms with van der Waals surface area (Å²) in [6.07, 6.45) is 8.27. The van der Waals surface area contributed by atoms with E-state index in [9.17, 15) is 0 Å². The van der Waals surface area contributed by atoms with E-state index >= 15 is 0 Å². The van der Waals surface area contributed by atoms with Crippen molar-refractivity contribution in [2.45, 2.75) is 49.8 Å². The lowest BCUT2D eigenvalue weighted by molar-refractivity contribution is 0.455. The lowest BCUT2D eigenvalue weighted by atomic mass is 9.94. The molecule has 1 N–H and O–H groups in total. The van der Waals surface area contributed by atoms with E-state index in [4.69, 9.17) is 0 Å². The number of hydrogen-bond acceptors (Lipinski definition) is 3. The summed E-state index contributed by atoms with van der Waals surface area (Å²) < 4.78 is 1.46. The Hall–Kier alpha value is 0.740. The molecule has 1 aliphatic carbocycles. The van der Waals surface area contributed by atoms with Gasteiger partial charge in [-0.25, -0.2) is 0 Å². The summed E-state index contributed by atoms with van der Waals surface area (Å²) in [5, 5.41) is 4.71. The molecule has 4 heteroatoms. The van der Waals surface area contributed by atoms with Crippen LogP contribution in [0.4, 0.5) is 0 Å². The number of fused-ring (bicyclic) bond motifs is 1. The first-order valence-corrected chi connectivity index (χ1v) is 9.90. The lowest BCUT2D eigenvalue weighted by Gasteiger charge is -2.27. The highest BCUT2D eigenvalue weighted by Crippen LogP contribution is 2.36. The van der Waals surface area contributed by atoms with Gasteiger partial charge in [-0.15, -0.1) is 11.3 Å². The SMILES string of the molecule is Ic1cc2c(s1)CCCC2NCC1CCCCS1. The second kappa shape index (κ2) is 6.46. The molecule has 1 saturated heterocycles. The maximum Gasteiger partial charge on any atom is 0.0659 e. The molecule has 1 aliphatic heterocycles. The molecular weight excluding hydrogens is 373 g/mol. The van der Waals surface area contributed by atoms with Crippen molar-refractivity contribution in [2.24, 2.45) is 0 Å². The maximum atomic E-state index is 3.84. The largest absolute Gasteiger partial charge is 0.309 e. The van der Waals surface area contributed by atoms with Gasteiger partial charge in [-0.3, -0.25) is 0 Å². The molecule has 1 nitrogen and oxygen atoms in total. The minimum absolute atomic E-state index is 0.635. The molecule has 2 heterocycles. The van der Waals surface area contributed by atoms with E-state index in [1.165, 1.54) is 53.7 Å². The van der Waals surface area contributed by atoms with E-state index in [-0.39, 0.29) is 0 Å². The van der Waals surface area contributed by atoms with Crippen LogP contribution in [0.1, 0.15) is 48.6 Å². The van der Waals surface area contributed by atoms with Crippen LogP contribution in [0.15, 0.2) is 6.07 Å². The third-order valence-corrected chi connectivity index (χ3v) is 7.32. The highest BCUT2D eigenvalue weighted by molar-refractivity contribution is 14.1. The molecule has 18 heavy (non-hydrogen) atoms. The summed E-state index contributed by atoms with van der Waals surface area (Å²) in [5.74, 6) is 1.37. The van der Waals surface area contributed by atoms with E-state index in [0.29, 0.717) is 6.04 Å². The molecule has 1 aromatic heterocycles. The van der Waals surface area contributed by atoms with Crippen molar-refractivity contribution in [3.63, 3.8) is 0 Å². The first-order valence-electron chi connectivity index (χ1n) is 6.96. The summed E-state index contributed by atoms with van der Waals surface area (Å²) in [5.41, 5.74) is 1.61. The molecule has 0 amide bonds. The Morgan fingerprint density at radius 1 is 1.28 bits per heavy atom. The number of aryl methyl sites for hydroxylation is 1. The third kappa shape index (κ3) is 3.25. The van der Waals surface area contributed by atoms with Gasteiger partial charge < -0.3 is 5.32 Å². The van der Waals surface area contributed by atoms with Crippen LogP contribution in [0.2, 0.25) is 0 Å². The molecule has 3 rings (SSSR count). The van der Waals surface area contributed by atoms with E-state index in [1.807, 2.05) is 11.3 Å². The topological polar surface area (TPSA) is 12.0 Å². The fraction of sp³-hybridized carbons (Fsp3) is 0.714. The molecule has 1 fully saturated rings. The second-order valence-electron chi connectivity index (χ2n) is 5.27. The average molecular weight is 393 g/mol. The Labute approximate surface area is 132 Å². The Bertz CT molecular complexity index is 398. The second-order valence-corrected chi connectivity index (χ2v) is 9.71. The van der Waals surface area contributed by atoms with Gasteiger partial charge in [0.05, 0.1) is 2.88 Å². The zero-order valence-corrected chi connectivity index (χ0v) is 14.4. The lowest BCUT2D eigenvalue weighted by Crippen LogP contribution is -2.31. The van der Waals surface area contributed by atoms with Gasteiger partial charge in [0.2, 0.25) is 0 Å². The van der Waals surface area contributed by atoms with Crippen LogP contribution >= 0.6 is 45.7 Å². The van der Waals surface area contributed by atoms with E-state index < -0.39 is 0 Å². The van der Waals surface area contributed by atoms with Crippen molar-refractivity contribution in [3.05, 3.63) is 19.4 Å². The molecule has 0 radical (unpaired) electrons. The van der Waals surface area contributed by atoms with Crippen LogP contribution < -0.4 is 5.32 Å². The molecule has 0 aromatic carbocycles. The van der Waals surface area contributed by atoms with Crippen LogP contribution in [0.5, 0.6) is 0 Å². The Morgan fingerprint density at radius 3 is 3.06 bits per heavy atom. The minimum atomic E-state index is 0.635. The van der Waals surface area contributed by atoms with E-state index in [0.717, 1.165) is 5.25 Å². The smallest absolute Gasteiger partial charge is 0.0659 e. The average Bonchev–Trinajstić information content (AvgIpc) is 2.78. The molecule has 0 spiro atoms. The van der Waals surface area contributed by atoms with Crippen LogP contribution in [0.3, 0.4) is 0 Å². The molecule has 0 saturated carbocycles. The molecule has 2 unspecified atom stereocenters. The number of rotatable bonds is 3. The highest BCUT2D eigenvalue weighted by Gasteiger charge is 2.23. The quantitative estimate of drug-likeness (QED) is 0.753. The predicted molar refractivity (Wildman–Crippen MR) is 90.8 cm³/mol. The zero-order valence-electron chi connectivity index (χ0n) is 10.6. The summed E-state index contributed by atoms with van der Waals surface area (Å²) >= 11 is 6.64. The van der Waals surface area contributed by atoms with Crippen LogP contribution in [-0.4, -0.2) is 17.5 Å². The number of hydrogen-bond donors (Lipinski definition) is 1. The Kier molecular flexibility index (Phi) is 4.92. The summed E-state index contributed by atoms with van der Waals surface area (Å²) in [6.45, 7) is 1.21. The summed E-state index contributed by atoms with van der Waals surface area (Å²) in [4.78, 5) is 1.64. The van der Waals surface area contributed by atoms with Crippen LogP contribution in [-0.2, 0) is 6.42 Å². The molecule has 2 atom stereocenters. The highest BCUT2D eigenvalue weighted by atomic mass is 127. The number of thioether (sulfide) groups is 1. The number of nitrogens with one attached hydrogen (secondary N) is 1. The van der Waals surface area contributed by atoms with Gasteiger partial charge in [0.1, 0.15) is 0 Å². The summed E-state index contributed by atoms with van der Waals surface area (Å²) in [6, 6.07) is 3.04. The number of thiophene rings is 1. The Balaban J connectivity index is 1.59.